The van der Waals surface area contributed by atoms with Crippen molar-refractivity contribution in [3.05, 3.63) is 34.6 Å². The number of nitrogens with one attached hydrogen (secondary N) is 1. The number of rotatable bonds is 3. The lowest BCUT2D eigenvalue weighted by Gasteiger charge is -2.01. The summed E-state index contributed by atoms with van der Waals surface area (Å²) in [5, 5.41) is 3.13. The molecule has 0 aliphatic heterocycles. The maximum absolute atomic E-state index is 4.07. The molecule has 0 aliphatic carbocycles. The Bertz CT molecular complexity index is 297. The standard InChI is InChI=1S/C10H13BrN2/c1-8(12-2)3-4-9-5-10(11)7-13-6-9/h3-8,12H,1-2H3/b4-3+. The predicted molar refractivity (Wildman–Crippen MR) is 59.5 cm³/mol. The average Bonchev–Trinajstić information content (AvgIpc) is 2.14. The highest BCUT2D eigenvalue weighted by Crippen LogP contribution is 2.10. The first-order valence-electron chi connectivity index (χ1n) is 4.18. The minimum absolute atomic E-state index is 0.388. The Morgan fingerprint density at radius 1 is 1.54 bits per heavy atom. The van der Waals surface area contributed by atoms with Gasteiger partial charge in [0.15, 0.2) is 0 Å². The second kappa shape index (κ2) is 5.14. The van der Waals surface area contributed by atoms with E-state index in [2.05, 4.69) is 45.3 Å². The van der Waals surface area contributed by atoms with Crippen LogP contribution in [-0.4, -0.2) is 18.1 Å². The molecule has 13 heavy (non-hydrogen) atoms. The van der Waals surface area contributed by atoms with Crippen molar-refractivity contribution in [2.45, 2.75) is 13.0 Å². The third kappa shape index (κ3) is 3.70. The number of hydrogen-bond acceptors (Lipinski definition) is 2. The Hall–Kier alpha value is -0.670. The van der Waals surface area contributed by atoms with E-state index in [1.165, 1.54) is 0 Å². The first kappa shape index (κ1) is 10.4. The second-order valence-corrected chi connectivity index (χ2v) is 3.79. The van der Waals surface area contributed by atoms with Gasteiger partial charge in [-0.25, -0.2) is 0 Å². The van der Waals surface area contributed by atoms with Gasteiger partial charge < -0.3 is 5.32 Å². The monoisotopic (exact) mass is 240 g/mol. The summed E-state index contributed by atoms with van der Waals surface area (Å²) in [7, 11) is 1.94. The summed E-state index contributed by atoms with van der Waals surface area (Å²) >= 11 is 3.37. The molecule has 0 radical (unpaired) electrons. The fraction of sp³-hybridized carbons (Fsp3) is 0.300. The van der Waals surface area contributed by atoms with Gasteiger partial charge >= 0.3 is 0 Å². The van der Waals surface area contributed by atoms with E-state index in [4.69, 9.17) is 0 Å². The molecule has 1 N–H and O–H groups in total. The molecule has 0 spiro atoms. The van der Waals surface area contributed by atoms with E-state index in [1.807, 2.05) is 19.3 Å². The molecule has 1 aromatic rings. The molecule has 0 bridgehead atoms. The van der Waals surface area contributed by atoms with E-state index < -0.39 is 0 Å². The SMILES string of the molecule is CNC(C)/C=C/c1cncc(Br)c1. The van der Waals surface area contributed by atoms with E-state index in [-0.39, 0.29) is 0 Å². The van der Waals surface area contributed by atoms with Crippen LogP contribution in [0.2, 0.25) is 0 Å². The molecular formula is C10H13BrN2. The van der Waals surface area contributed by atoms with Gasteiger partial charge in [-0.2, -0.15) is 0 Å². The molecule has 70 valence electrons. The summed E-state index contributed by atoms with van der Waals surface area (Å²) < 4.78 is 1.01. The number of likely N-dealkylation sites (N-methyl/N-ethyl adjacent to an activating group) is 1. The largest absolute Gasteiger partial charge is 0.314 e. The Labute approximate surface area is 87.2 Å². The lowest BCUT2D eigenvalue weighted by atomic mass is 10.2. The quantitative estimate of drug-likeness (QED) is 0.879. The zero-order valence-electron chi connectivity index (χ0n) is 7.79. The van der Waals surface area contributed by atoms with E-state index in [0.717, 1.165) is 10.0 Å². The van der Waals surface area contributed by atoms with Gasteiger partial charge in [0, 0.05) is 22.9 Å². The molecule has 0 fully saturated rings. The molecule has 2 nitrogen and oxygen atoms in total. The molecule has 3 heteroatoms. The molecule has 1 aromatic heterocycles. The van der Waals surface area contributed by atoms with Crippen LogP contribution in [0.15, 0.2) is 29.0 Å². The van der Waals surface area contributed by atoms with Crippen molar-refractivity contribution in [3.63, 3.8) is 0 Å². The van der Waals surface area contributed by atoms with Crippen LogP contribution in [0.5, 0.6) is 0 Å². The average molecular weight is 241 g/mol. The molecular weight excluding hydrogens is 228 g/mol. The Morgan fingerprint density at radius 3 is 2.92 bits per heavy atom. The molecule has 0 saturated heterocycles. The van der Waals surface area contributed by atoms with Crippen LogP contribution in [0.1, 0.15) is 12.5 Å². The van der Waals surface area contributed by atoms with Gasteiger partial charge in [-0.15, -0.1) is 0 Å². The van der Waals surface area contributed by atoms with Gasteiger partial charge in [0.25, 0.3) is 0 Å². The number of halogens is 1. The molecule has 1 unspecified atom stereocenters. The molecule has 0 amide bonds. The highest BCUT2D eigenvalue weighted by molar-refractivity contribution is 9.10. The van der Waals surface area contributed by atoms with E-state index in [9.17, 15) is 0 Å². The molecule has 0 saturated carbocycles. The minimum atomic E-state index is 0.388. The number of aromatic nitrogens is 1. The third-order valence-electron chi connectivity index (χ3n) is 1.76. The summed E-state index contributed by atoms with van der Waals surface area (Å²) in [6.45, 7) is 2.10. The molecule has 0 aliphatic rings. The number of hydrogen-bond donors (Lipinski definition) is 1. The third-order valence-corrected chi connectivity index (χ3v) is 2.19. The highest BCUT2D eigenvalue weighted by Gasteiger charge is 1.92. The number of pyridine rings is 1. The predicted octanol–water partition coefficient (Wildman–Crippen LogP) is 2.47. The van der Waals surface area contributed by atoms with Crippen molar-refractivity contribution in [2.24, 2.45) is 0 Å². The first-order valence-corrected chi connectivity index (χ1v) is 4.97. The maximum Gasteiger partial charge on any atom is 0.0410 e. The van der Waals surface area contributed by atoms with Crippen molar-refractivity contribution in [1.29, 1.82) is 0 Å². The number of nitrogens with zero attached hydrogens (tertiary/aromatic N) is 1. The first-order chi connectivity index (χ1) is 6.22. The Morgan fingerprint density at radius 2 is 2.31 bits per heavy atom. The Balaban J connectivity index is 2.68. The van der Waals surface area contributed by atoms with Gasteiger partial charge in [0.05, 0.1) is 0 Å². The smallest absolute Gasteiger partial charge is 0.0410 e. The zero-order chi connectivity index (χ0) is 9.68. The van der Waals surface area contributed by atoms with Crippen LogP contribution in [0.25, 0.3) is 6.08 Å². The van der Waals surface area contributed by atoms with Gasteiger partial charge in [0.1, 0.15) is 0 Å². The summed E-state index contributed by atoms with van der Waals surface area (Å²) in [5.74, 6) is 0. The minimum Gasteiger partial charge on any atom is -0.314 e. The lowest BCUT2D eigenvalue weighted by Crippen LogP contribution is -2.17. The second-order valence-electron chi connectivity index (χ2n) is 2.87. The van der Waals surface area contributed by atoms with Crippen LogP contribution in [0.4, 0.5) is 0 Å². The molecule has 1 rings (SSSR count). The summed E-state index contributed by atoms with van der Waals surface area (Å²) in [4.78, 5) is 4.07. The van der Waals surface area contributed by atoms with Gasteiger partial charge in [-0.3, -0.25) is 4.98 Å². The normalized spacial score (nSPS) is 13.5. The fourth-order valence-corrected chi connectivity index (χ4v) is 1.25. The maximum atomic E-state index is 4.07. The van der Waals surface area contributed by atoms with E-state index in [1.54, 1.807) is 6.20 Å². The van der Waals surface area contributed by atoms with Crippen molar-refractivity contribution in [2.75, 3.05) is 7.05 Å². The van der Waals surface area contributed by atoms with Crippen LogP contribution in [-0.2, 0) is 0 Å². The van der Waals surface area contributed by atoms with Gasteiger partial charge in [-0.05, 0) is 41.5 Å². The summed E-state index contributed by atoms with van der Waals surface area (Å²) in [5.41, 5.74) is 1.11. The lowest BCUT2D eigenvalue weighted by molar-refractivity contribution is 0.731. The van der Waals surface area contributed by atoms with Crippen LogP contribution in [0.3, 0.4) is 0 Å². The summed E-state index contributed by atoms with van der Waals surface area (Å²) in [6, 6.07) is 2.42. The van der Waals surface area contributed by atoms with Crippen molar-refractivity contribution < 1.29 is 0 Å². The highest BCUT2D eigenvalue weighted by atomic mass is 79.9. The van der Waals surface area contributed by atoms with E-state index >= 15 is 0 Å². The van der Waals surface area contributed by atoms with Crippen molar-refractivity contribution in [1.82, 2.24) is 10.3 Å². The Kier molecular flexibility index (Phi) is 4.12. The van der Waals surface area contributed by atoms with Crippen molar-refractivity contribution in [3.8, 4) is 0 Å². The van der Waals surface area contributed by atoms with Crippen LogP contribution < -0.4 is 5.32 Å². The van der Waals surface area contributed by atoms with Crippen LogP contribution in [0, 0.1) is 0 Å². The molecule has 0 aromatic carbocycles. The molecule has 1 heterocycles. The molecule has 1 atom stereocenters. The zero-order valence-corrected chi connectivity index (χ0v) is 9.38. The van der Waals surface area contributed by atoms with Gasteiger partial charge in [0.2, 0.25) is 0 Å². The topological polar surface area (TPSA) is 24.9 Å². The van der Waals surface area contributed by atoms with E-state index in [0.29, 0.717) is 6.04 Å². The fourth-order valence-electron chi connectivity index (χ4n) is 0.871. The van der Waals surface area contributed by atoms with Crippen LogP contribution >= 0.6 is 15.9 Å². The van der Waals surface area contributed by atoms with Crippen molar-refractivity contribution >= 4 is 22.0 Å². The summed E-state index contributed by atoms with van der Waals surface area (Å²) in [6.07, 6.45) is 7.77. The van der Waals surface area contributed by atoms with Gasteiger partial charge in [-0.1, -0.05) is 12.2 Å².